The van der Waals surface area contributed by atoms with Crippen LogP contribution in [0.25, 0.3) is 0 Å². The average molecular weight is 208 g/mol. The first-order valence-corrected chi connectivity index (χ1v) is 5.74. The summed E-state index contributed by atoms with van der Waals surface area (Å²) in [4.78, 5) is 3.11. The topological polar surface area (TPSA) is 8.88 Å². The minimum atomic E-state index is 1.13. The maximum atomic E-state index is 2.28. The Morgan fingerprint density at radius 1 is 1.07 bits per heavy atom. The van der Waals surface area contributed by atoms with Gasteiger partial charge in [-0.3, -0.25) is 0 Å². The smallest absolute Gasteiger partial charge is 0.127 e. The van der Waals surface area contributed by atoms with Crippen molar-refractivity contribution < 1.29 is 9.80 Å². The van der Waals surface area contributed by atoms with Crippen molar-refractivity contribution in [2.45, 2.75) is 13.5 Å². The highest BCUT2D eigenvalue weighted by atomic mass is 15.1. The Morgan fingerprint density at radius 2 is 1.80 bits per heavy atom. The zero-order valence-electron chi connectivity index (χ0n) is 10.4. The highest BCUT2D eigenvalue weighted by molar-refractivity contribution is 5.21. The molecule has 84 valence electrons. The van der Waals surface area contributed by atoms with E-state index < -0.39 is 0 Å². The molecular weight excluding hydrogens is 184 g/mol. The van der Waals surface area contributed by atoms with Gasteiger partial charge >= 0.3 is 0 Å². The van der Waals surface area contributed by atoms with Crippen LogP contribution in [0.5, 0.6) is 0 Å². The molecule has 1 unspecified atom stereocenters. The van der Waals surface area contributed by atoms with Crippen LogP contribution < -0.4 is 9.80 Å². The number of nitrogens with one attached hydrogen (secondary N) is 2. The summed E-state index contributed by atoms with van der Waals surface area (Å²) in [6.45, 7) is 5.76. The van der Waals surface area contributed by atoms with Gasteiger partial charge in [0.25, 0.3) is 0 Å². The van der Waals surface area contributed by atoms with Crippen molar-refractivity contribution in [3.63, 3.8) is 0 Å². The van der Waals surface area contributed by atoms with E-state index in [0.29, 0.717) is 0 Å². The van der Waals surface area contributed by atoms with Gasteiger partial charge in [-0.1, -0.05) is 29.8 Å². The first-order valence-electron chi connectivity index (χ1n) is 5.74. The lowest BCUT2D eigenvalue weighted by Crippen LogP contribution is -3.15. The zero-order chi connectivity index (χ0) is 11.3. The van der Waals surface area contributed by atoms with Crippen LogP contribution in [0.15, 0.2) is 24.3 Å². The standard InChI is InChI=1S/C13H22N2/c1-12-6-5-7-13(10-12)11-15(4)9-8-14(2)3/h5-7,10H,8-9,11H2,1-4H3/p+2. The van der Waals surface area contributed by atoms with Gasteiger partial charge in [0, 0.05) is 5.56 Å². The Bertz CT molecular complexity index is 294. The Hall–Kier alpha value is -0.860. The van der Waals surface area contributed by atoms with Crippen LogP contribution in [0.2, 0.25) is 0 Å². The third kappa shape index (κ3) is 4.96. The first kappa shape index (κ1) is 12.2. The van der Waals surface area contributed by atoms with Crippen molar-refractivity contribution in [1.29, 1.82) is 0 Å². The minimum Gasteiger partial charge on any atom is -0.335 e. The number of aryl methyl sites for hydroxylation is 1. The van der Waals surface area contributed by atoms with Gasteiger partial charge in [-0.2, -0.15) is 0 Å². The third-order valence-corrected chi connectivity index (χ3v) is 2.64. The first-order chi connectivity index (χ1) is 7.08. The molecule has 0 radical (unpaired) electrons. The lowest BCUT2D eigenvalue weighted by atomic mass is 10.1. The van der Waals surface area contributed by atoms with E-state index in [0.717, 1.165) is 6.54 Å². The molecule has 0 saturated carbocycles. The lowest BCUT2D eigenvalue weighted by molar-refractivity contribution is -0.937. The molecule has 1 aromatic rings. The maximum Gasteiger partial charge on any atom is 0.127 e. The summed E-state index contributed by atoms with van der Waals surface area (Å²) in [5.74, 6) is 0. The van der Waals surface area contributed by atoms with E-state index in [2.05, 4.69) is 52.3 Å². The fourth-order valence-corrected chi connectivity index (χ4v) is 1.72. The van der Waals surface area contributed by atoms with E-state index in [-0.39, 0.29) is 0 Å². The van der Waals surface area contributed by atoms with Crippen molar-refractivity contribution in [2.24, 2.45) is 0 Å². The van der Waals surface area contributed by atoms with E-state index in [4.69, 9.17) is 0 Å². The maximum absolute atomic E-state index is 2.28. The molecule has 0 spiro atoms. The summed E-state index contributed by atoms with van der Waals surface area (Å²) in [6.07, 6.45) is 0. The molecule has 0 saturated heterocycles. The highest BCUT2D eigenvalue weighted by Crippen LogP contribution is 2.01. The molecule has 0 fully saturated rings. The molecule has 0 aliphatic carbocycles. The van der Waals surface area contributed by atoms with Gasteiger partial charge in [-0.05, 0) is 6.92 Å². The van der Waals surface area contributed by atoms with E-state index in [9.17, 15) is 0 Å². The quantitative estimate of drug-likeness (QED) is 0.624. The van der Waals surface area contributed by atoms with Crippen LogP contribution in [0, 0.1) is 6.92 Å². The second kappa shape index (κ2) is 5.89. The predicted octanol–water partition coefficient (Wildman–Crippen LogP) is -0.846. The van der Waals surface area contributed by atoms with Gasteiger partial charge in [0.05, 0.1) is 21.1 Å². The molecule has 15 heavy (non-hydrogen) atoms. The summed E-state index contributed by atoms with van der Waals surface area (Å²) in [6, 6.07) is 8.81. The number of quaternary nitrogens is 2. The van der Waals surface area contributed by atoms with Gasteiger partial charge in [0.15, 0.2) is 0 Å². The molecule has 0 aromatic heterocycles. The summed E-state index contributed by atoms with van der Waals surface area (Å²) in [5, 5.41) is 0. The lowest BCUT2D eigenvalue weighted by Gasteiger charge is -2.15. The largest absolute Gasteiger partial charge is 0.335 e. The molecule has 1 rings (SSSR count). The van der Waals surface area contributed by atoms with Crippen LogP contribution in [-0.2, 0) is 6.54 Å². The second-order valence-corrected chi connectivity index (χ2v) is 4.83. The minimum absolute atomic E-state index is 1.13. The molecule has 2 N–H and O–H groups in total. The molecule has 0 bridgehead atoms. The van der Waals surface area contributed by atoms with Gasteiger partial charge in [0.1, 0.15) is 19.6 Å². The van der Waals surface area contributed by atoms with Crippen LogP contribution in [0.4, 0.5) is 0 Å². The summed E-state index contributed by atoms with van der Waals surface area (Å²) < 4.78 is 0. The SMILES string of the molecule is Cc1cccc(C[NH+](C)CC[NH+](C)C)c1. The van der Waals surface area contributed by atoms with Crippen molar-refractivity contribution in [2.75, 3.05) is 34.2 Å². The molecule has 2 nitrogen and oxygen atoms in total. The third-order valence-electron chi connectivity index (χ3n) is 2.64. The normalized spacial score (nSPS) is 13.1. The fourth-order valence-electron chi connectivity index (χ4n) is 1.72. The van der Waals surface area contributed by atoms with Crippen molar-refractivity contribution in [1.82, 2.24) is 0 Å². The van der Waals surface area contributed by atoms with E-state index in [1.54, 1.807) is 4.90 Å². The predicted molar refractivity (Wildman–Crippen MR) is 64.3 cm³/mol. The van der Waals surface area contributed by atoms with Gasteiger partial charge in [-0.25, -0.2) is 0 Å². The average Bonchev–Trinajstić information content (AvgIpc) is 2.15. The molecule has 0 aliphatic heterocycles. The van der Waals surface area contributed by atoms with Gasteiger partial charge in [0.2, 0.25) is 0 Å². The summed E-state index contributed by atoms with van der Waals surface area (Å²) >= 11 is 0. The Balaban J connectivity index is 2.40. The van der Waals surface area contributed by atoms with Gasteiger partial charge < -0.3 is 9.80 Å². The molecule has 1 aromatic carbocycles. The van der Waals surface area contributed by atoms with Crippen LogP contribution in [0.1, 0.15) is 11.1 Å². The zero-order valence-corrected chi connectivity index (χ0v) is 10.4. The van der Waals surface area contributed by atoms with Crippen LogP contribution in [0.3, 0.4) is 0 Å². The number of rotatable bonds is 5. The Morgan fingerprint density at radius 3 is 2.40 bits per heavy atom. The van der Waals surface area contributed by atoms with Crippen molar-refractivity contribution in [3.05, 3.63) is 35.4 Å². The number of hydrogen-bond acceptors (Lipinski definition) is 0. The number of hydrogen-bond donors (Lipinski definition) is 2. The highest BCUT2D eigenvalue weighted by Gasteiger charge is 2.05. The molecule has 0 amide bonds. The van der Waals surface area contributed by atoms with Crippen molar-refractivity contribution >= 4 is 0 Å². The van der Waals surface area contributed by atoms with E-state index in [1.807, 2.05) is 0 Å². The Kier molecular flexibility index (Phi) is 4.79. The second-order valence-electron chi connectivity index (χ2n) is 4.83. The van der Waals surface area contributed by atoms with Crippen molar-refractivity contribution in [3.8, 4) is 0 Å². The molecule has 0 heterocycles. The Labute approximate surface area is 93.5 Å². The molecular formula is C13H24N2+2. The summed E-state index contributed by atoms with van der Waals surface area (Å²) in [7, 11) is 6.69. The molecule has 1 atom stereocenters. The summed E-state index contributed by atoms with van der Waals surface area (Å²) in [5.41, 5.74) is 2.81. The molecule has 0 aliphatic rings. The number of likely N-dealkylation sites (N-methyl/N-ethyl adjacent to an activating group) is 2. The fraction of sp³-hybridized carbons (Fsp3) is 0.538. The van der Waals surface area contributed by atoms with E-state index in [1.165, 1.54) is 29.1 Å². The van der Waals surface area contributed by atoms with E-state index >= 15 is 0 Å². The molecule has 2 heteroatoms. The monoisotopic (exact) mass is 208 g/mol. The van der Waals surface area contributed by atoms with Gasteiger partial charge in [-0.15, -0.1) is 0 Å². The van der Waals surface area contributed by atoms with Crippen LogP contribution in [-0.4, -0.2) is 34.2 Å². The number of benzene rings is 1. The van der Waals surface area contributed by atoms with Crippen LogP contribution >= 0.6 is 0 Å².